The number of nitrogens with zero attached hydrogens (tertiary/aromatic N) is 1. The molecule has 0 saturated carbocycles. The van der Waals surface area contributed by atoms with Crippen LogP contribution in [0.5, 0.6) is 0 Å². The monoisotopic (exact) mass is 274 g/mol. The molecule has 20 heavy (non-hydrogen) atoms. The fourth-order valence-corrected chi connectivity index (χ4v) is 2.97. The first kappa shape index (κ1) is 13.2. The van der Waals surface area contributed by atoms with Crippen molar-refractivity contribution in [2.75, 3.05) is 0 Å². The highest BCUT2D eigenvalue weighted by atomic mass is 19.1. The van der Waals surface area contributed by atoms with Gasteiger partial charge in [0.05, 0.1) is 0 Å². The van der Waals surface area contributed by atoms with E-state index in [-0.39, 0.29) is 23.9 Å². The lowest BCUT2D eigenvalue weighted by atomic mass is 9.91. The van der Waals surface area contributed by atoms with Gasteiger partial charge >= 0.3 is 0 Å². The number of nitrogens with two attached hydrogens (primary N) is 1. The van der Waals surface area contributed by atoms with Gasteiger partial charge < -0.3 is 5.73 Å². The third kappa shape index (κ3) is 2.31. The van der Waals surface area contributed by atoms with Crippen molar-refractivity contribution in [2.45, 2.75) is 31.2 Å². The Hall–Kier alpha value is -1.81. The molecule has 3 rings (SSSR count). The van der Waals surface area contributed by atoms with Crippen LogP contribution in [0, 0.1) is 11.6 Å². The van der Waals surface area contributed by atoms with Crippen molar-refractivity contribution < 1.29 is 8.78 Å². The summed E-state index contributed by atoms with van der Waals surface area (Å²) < 4.78 is 27.4. The number of hydrogen-bond acceptors (Lipinski definition) is 2. The Morgan fingerprint density at radius 3 is 2.70 bits per heavy atom. The Bertz CT molecular complexity index is 607. The van der Waals surface area contributed by atoms with E-state index < -0.39 is 11.6 Å². The van der Waals surface area contributed by atoms with Crippen LogP contribution < -0.4 is 5.73 Å². The van der Waals surface area contributed by atoms with E-state index in [2.05, 4.69) is 4.98 Å². The Kier molecular flexibility index (Phi) is 3.49. The van der Waals surface area contributed by atoms with Gasteiger partial charge in [0.1, 0.15) is 11.6 Å². The summed E-state index contributed by atoms with van der Waals surface area (Å²) in [6.45, 7) is 0. The van der Waals surface area contributed by atoms with E-state index in [9.17, 15) is 8.78 Å². The number of rotatable bonds is 3. The third-order valence-corrected chi connectivity index (χ3v) is 4.02. The molecule has 0 aliphatic heterocycles. The van der Waals surface area contributed by atoms with Gasteiger partial charge in [-0.3, -0.25) is 4.98 Å². The van der Waals surface area contributed by atoms with E-state index in [1.165, 1.54) is 23.8 Å². The minimum absolute atomic E-state index is 0.0735. The molecule has 1 aromatic carbocycles. The van der Waals surface area contributed by atoms with E-state index in [1.54, 1.807) is 6.20 Å². The van der Waals surface area contributed by atoms with Gasteiger partial charge in [-0.05, 0) is 43.0 Å². The number of aryl methyl sites for hydroxylation is 1. The van der Waals surface area contributed by atoms with Crippen LogP contribution in [0.4, 0.5) is 8.78 Å². The maximum Gasteiger partial charge on any atom is 0.129 e. The topological polar surface area (TPSA) is 38.9 Å². The molecular formula is C16H16F2N2. The quantitative estimate of drug-likeness (QED) is 0.934. The molecule has 2 unspecified atom stereocenters. The first-order valence-corrected chi connectivity index (χ1v) is 6.79. The van der Waals surface area contributed by atoms with Crippen LogP contribution in [0.2, 0.25) is 0 Å². The molecule has 1 aromatic heterocycles. The maximum absolute atomic E-state index is 13.7. The lowest BCUT2D eigenvalue weighted by Gasteiger charge is -2.20. The molecule has 0 spiro atoms. The predicted molar refractivity (Wildman–Crippen MR) is 73.3 cm³/mol. The third-order valence-electron chi connectivity index (χ3n) is 4.02. The molecule has 1 heterocycles. The van der Waals surface area contributed by atoms with Crippen molar-refractivity contribution in [3.05, 3.63) is 65.0 Å². The molecule has 2 atom stereocenters. The van der Waals surface area contributed by atoms with Crippen molar-refractivity contribution >= 4 is 0 Å². The van der Waals surface area contributed by atoms with Crippen LogP contribution in [-0.2, 0) is 12.8 Å². The summed E-state index contributed by atoms with van der Waals surface area (Å²) in [4.78, 5) is 4.38. The molecule has 1 aliphatic rings. The number of fused-ring (bicyclic) bond motifs is 1. The van der Waals surface area contributed by atoms with Crippen molar-refractivity contribution in [2.24, 2.45) is 5.73 Å². The Balaban J connectivity index is 1.83. The average Bonchev–Trinajstić information content (AvgIpc) is 2.87. The zero-order valence-corrected chi connectivity index (χ0v) is 11.0. The molecule has 0 saturated heterocycles. The van der Waals surface area contributed by atoms with Crippen LogP contribution in [0.25, 0.3) is 0 Å². The summed E-state index contributed by atoms with van der Waals surface area (Å²) in [5, 5.41) is 0. The van der Waals surface area contributed by atoms with Gasteiger partial charge in [-0.15, -0.1) is 0 Å². The molecule has 0 fully saturated rings. The van der Waals surface area contributed by atoms with Gasteiger partial charge in [0.2, 0.25) is 0 Å². The minimum Gasteiger partial charge on any atom is -0.327 e. The van der Waals surface area contributed by atoms with Gasteiger partial charge in [-0.1, -0.05) is 12.1 Å². The summed E-state index contributed by atoms with van der Waals surface area (Å²) in [7, 11) is 0. The standard InChI is InChI=1S/C16H16F2N2/c17-13-4-1-5-14(18)12(13)9-15(19)11-7-6-10-3-2-8-20-16(10)11/h1-5,8,11,15H,6-7,9,19H2. The van der Waals surface area contributed by atoms with Crippen molar-refractivity contribution in [1.29, 1.82) is 0 Å². The highest BCUT2D eigenvalue weighted by molar-refractivity contribution is 5.31. The van der Waals surface area contributed by atoms with Crippen LogP contribution >= 0.6 is 0 Å². The largest absolute Gasteiger partial charge is 0.327 e. The van der Waals surface area contributed by atoms with Crippen LogP contribution in [0.15, 0.2) is 36.5 Å². The van der Waals surface area contributed by atoms with Crippen molar-refractivity contribution in [3.63, 3.8) is 0 Å². The smallest absolute Gasteiger partial charge is 0.129 e. The molecule has 2 aromatic rings. The second-order valence-electron chi connectivity index (χ2n) is 5.26. The number of pyridine rings is 1. The lowest BCUT2D eigenvalue weighted by Crippen LogP contribution is -2.30. The van der Waals surface area contributed by atoms with Crippen LogP contribution in [0.1, 0.15) is 29.2 Å². The Labute approximate surface area is 116 Å². The fraction of sp³-hybridized carbons (Fsp3) is 0.312. The van der Waals surface area contributed by atoms with Gasteiger partial charge in [-0.2, -0.15) is 0 Å². The van der Waals surface area contributed by atoms with E-state index in [0.717, 1.165) is 18.5 Å². The van der Waals surface area contributed by atoms with E-state index in [4.69, 9.17) is 5.73 Å². The summed E-state index contributed by atoms with van der Waals surface area (Å²) in [6, 6.07) is 7.53. The summed E-state index contributed by atoms with van der Waals surface area (Å²) in [6.07, 6.45) is 3.76. The molecule has 1 aliphatic carbocycles. The average molecular weight is 274 g/mol. The summed E-state index contributed by atoms with van der Waals surface area (Å²) >= 11 is 0. The SMILES string of the molecule is NC(Cc1c(F)cccc1F)C1CCc2cccnc21. The Morgan fingerprint density at radius 2 is 1.95 bits per heavy atom. The first-order valence-electron chi connectivity index (χ1n) is 6.79. The normalized spacial score (nSPS) is 18.9. The molecule has 104 valence electrons. The van der Waals surface area contributed by atoms with Crippen LogP contribution in [-0.4, -0.2) is 11.0 Å². The maximum atomic E-state index is 13.7. The predicted octanol–water partition coefficient (Wildman–Crippen LogP) is 2.96. The molecule has 4 heteroatoms. The summed E-state index contributed by atoms with van der Waals surface area (Å²) in [5.41, 5.74) is 8.44. The fourth-order valence-electron chi connectivity index (χ4n) is 2.97. The number of hydrogen-bond donors (Lipinski definition) is 1. The van der Waals surface area contributed by atoms with E-state index in [1.807, 2.05) is 12.1 Å². The zero-order valence-electron chi connectivity index (χ0n) is 11.0. The second-order valence-corrected chi connectivity index (χ2v) is 5.26. The lowest BCUT2D eigenvalue weighted by molar-refractivity contribution is 0.484. The first-order chi connectivity index (χ1) is 9.66. The highest BCUT2D eigenvalue weighted by Crippen LogP contribution is 2.34. The highest BCUT2D eigenvalue weighted by Gasteiger charge is 2.29. The van der Waals surface area contributed by atoms with Gasteiger partial charge in [0.15, 0.2) is 0 Å². The molecule has 2 nitrogen and oxygen atoms in total. The number of aromatic nitrogens is 1. The molecule has 0 radical (unpaired) electrons. The minimum atomic E-state index is -0.528. The molecule has 0 bridgehead atoms. The zero-order chi connectivity index (χ0) is 14.1. The van der Waals surface area contributed by atoms with Gasteiger partial charge in [0, 0.05) is 29.4 Å². The summed E-state index contributed by atoms with van der Waals surface area (Å²) in [5.74, 6) is -0.982. The van der Waals surface area contributed by atoms with Crippen LogP contribution in [0.3, 0.4) is 0 Å². The second kappa shape index (κ2) is 5.29. The molecule has 0 amide bonds. The molecular weight excluding hydrogens is 258 g/mol. The van der Waals surface area contributed by atoms with Crippen molar-refractivity contribution in [1.82, 2.24) is 4.98 Å². The Morgan fingerprint density at radius 1 is 1.20 bits per heavy atom. The number of benzene rings is 1. The van der Waals surface area contributed by atoms with Crippen molar-refractivity contribution in [3.8, 4) is 0 Å². The van der Waals surface area contributed by atoms with E-state index in [0.29, 0.717) is 0 Å². The number of halogens is 2. The van der Waals surface area contributed by atoms with E-state index >= 15 is 0 Å². The molecule has 2 N–H and O–H groups in total. The van der Waals surface area contributed by atoms with Gasteiger partial charge in [-0.25, -0.2) is 8.78 Å². The van der Waals surface area contributed by atoms with Gasteiger partial charge in [0.25, 0.3) is 0 Å².